The molecule has 0 aliphatic carbocycles. The van der Waals surface area contributed by atoms with Crippen LogP contribution in [0.25, 0.3) is 0 Å². The second kappa shape index (κ2) is 10.1. The van der Waals surface area contributed by atoms with Gasteiger partial charge in [0.25, 0.3) is 12.3 Å². The highest BCUT2D eigenvalue weighted by molar-refractivity contribution is 5.98. The van der Waals surface area contributed by atoms with Crippen LogP contribution in [0.1, 0.15) is 12.5 Å². The maximum atomic E-state index is 13.6. The van der Waals surface area contributed by atoms with E-state index in [0.29, 0.717) is 0 Å². The molecule has 30 heavy (non-hydrogen) atoms. The lowest BCUT2D eigenvalue weighted by atomic mass is 10.1. The van der Waals surface area contributed by atoms with Crippen molar-refractivity contribution in [2.45, 2.75) is 25.6 Å². The lowest BCUT2D eigenvalue weighted by molar-refractivity contribution is -0.137. The quantitative estimate of drug-likeness (QED) is 0.606. The summed E-state index contributed by atoms with van der Waals surface area (Å²) in [5.74, 6) is -1.42. The number of halogens is 5. The monoisotopic (exact) mass is 438 g/mol. The summed E-state index contributed by atoms with van der Waals surface area (Å²) in [6, 6.07) is 1.82. The van der Waals surface area contributed by atoms with Crippen molar-refractivity contribution in [1.82, 2.24) is 4.90 Å². The molecule has 1 aliphatic rings. The van der Waals surface area contributed by atoms with E-state index in [9.17, 15) is 31.5 Å². The summed E-state index contributed by atoms with van der Waals surface area (Å²) in [5, 5.41) is 2.14. The van der Waals surface area contributed by atoms with Crippen LogP contribution in [0, 0.1) is 0 Å². The van der Waals surface area contributed by atoms with E-state index >= 15 is 0 Å². The average molecular weight is 438 g/mol. The van der Waals surface area contributed by atoms with Gasteiger partial charge < -0.3 is 20.7 Å². The molecule has 2 rings (SSSR count). The van der Waals surface area contributed by atoms with Crippen molar-refractivity contribution in [3.05, 3.63) is 23.8 Å². The summed E-state index contributed by atoms with van der Waals surface area (Å²) < 4.78 is 71.2. The van der Waals surface area contributed by atoms with Crippen LogP contribution in [0.15, 0.2) is 18.2 Å². The van der Waals surface area contributed by atoms with Crippen molar-refractivity contribution in [1.29, 1.82) is 0 Å². The highest BCUT2D eigenvalue weighted by Gasteiger charge is 2.36. The molecule has 2 amide bonds. The zero-order valence-corrected chi connectivity index (χ0v) is 16.2. The van der Waals surface area contributed by atoms with Gasteiger partial charge in [-0.1, -0.05) is 6.92 Å². The molecule has 0 unspecified atom stereocenters. The van der Waals surface area contributed by atoms with Gasteiger partial charge in [-0.2, -0.15) is 13.2 Å². The van der Waals surface area contributed by atoms with Gasteiger partial charge in [0.15, 0.2) is 0 Å². The second-order valence-corrected chi connectivity index (χ2v) is 6.55. The summed E-state index contributed by atoms with van der Waals surface area (Å²) in [7, 11) is 0. The Balaban J connectivity index is 2.31. The maximum Gasteiger partial charge on any atom is 0.418 e. The highest BCUT2D eigenvalue weighted by atomic mass is 19.4. The molecule has 0 spiro atoms. The third-order valence-electron chi connectivity index (χ3n) is 4.61. The lowest BCUT2D eigenvalue weighted by Crippen LogP contribution is -2.50. The van der Waals surface area contributed by atoms with Crippen LogP contribution in [0.3, 0.4) is 0 Å². The number of benzene rings is 1. The fraction of sp³-hybridized carbons (Fsp3) is 0.556. The van der Waals surface area contributed by atoms with Crippen LogP contribution in [-0.2, 0) is 20.5 Å². The number of hydrogen-bond acceptors (Lipinski definition) is 5. The van der Waals surface area contributed by atoms with E-state index in [4.69, 9.17) is 10.5 Å². The van der Waals surface area contributed by atoms with E-state index in [1.54, 1.807) is 0 Å². The summed E-state index contributed by atoms with van der Waals surface area (Å²) in [5.41, 5.74) is 3.81. The Morgan fingerprint density at radius 2 is 2.07 bits per heavy atom. The largest absolute Gasteiger partial charge is 0.418 e. The first kappa shape index (κ1) is 24.0. The molecule has 0 aromatic heterocycles. The number of alkyl halides is 5. The number of anilines is 2. The van der Waals surface area contributed by atoms with E-state index in [2.05, 4.69) is 5.32 Å². The number of ether oxygens (including phenoxy) is 1. The van der Waals surface area contributed by atoms with Gasteiger partial charge >= 0.3 is 6.18 Å². The predicted octanol–water partition coefficient (Wildman–Crippen LogP) is 1.92. The molecule has 1 atom stereocenters. The van der Waals surface area contributed by atoms with Crippen molar-refractivity contribution in [3.8, 4) is 0 Å². The molecule has 168 valence electrons. The Morgan fingerprint density at radius 3 is 2.60 bits per heavy atom. The standard InChI is InChI=1S/C18H23F5N4O3/c1-2-26(9-15(19)20)14(8-24)17(29)25-13-4-3-11(7-12(13)18(21,22)23)27-5-6-30-10-16(27)28/h3-4,7,14-15H,2,5-6,8-10,24H2,1H3,(H,25,29)/t14-/m1/s1. The molecule has 1 aromatic carbocycles. The summed E-state index contributed by atoms with van der Waals surface area (Å²) >= 11 is 0. The smallest absolute Gasteiger partial charge is 0.370 e. The Kier molecular flexibility index (Phi) is 8.10. The topological polar surface area (TPSA) is 87.9 Å². The second-order valence-electron chi connectivity index (χ2n) is 6.55. The molecule has 1 aliphatic heterocycles. The number of hydrogen-bond donors (Lipinski definition) is 2. The van der Waals surface area contributed by atoms with Crippen LogP contribution < -0.4 is 16.0 Å². The molecule has 0 bridgehead atoms. The molecule has 12 heteroatoms. The molecule has 1 heterocycles. The lowest BCUT2D eigenvalue weighted by Gasteiger charge is -2.29. The van der Waals surface area contributed by atoms with Gasteiger partial charge in [-0.3, -0.25) is 14.5 Å². The Labute approximate surface area is 169 Å². The number of morpholine rings is 1. The van der Waals surface area contributed by atoms with E-state index in [1.165, 1.54) is 13.0 Å². The predicted molar refractivity (Wildman–Crippen MR) is 99.3 cm³/mol. The normalized spacial score (nSPS) is 16.3. The summed E-state index contributed by atoms with van der Waals surface area (Å²) in [6.07, 6.45) is -7.57. The Morgan fingerprint density at radius 1 is 1.37 bits per heavy atom. The van der Waals surface area contributed by atoms with Crippen molar-refractivity contribution in [3.63, 3.8) is 0 Å². The fourth-order valence-corrected chi connectivity index (χ4v) is 3.13. The zero-order chi connectivity index (χ0) is 22.5. The molecule has 0 saturated carbocycles. The number of carbonyl (C=O) groups excluding carboxylic acids is 2. The first-order valence-electron chi connectivity index (χ1n) is 9.21. The van der Waals surface area contributed by atoms with Gasteiger partial charge in [-0.05, 0) is 24.7 Å². The van der Waals surface area contributed by atoms with E-state index in [0.717, 1.165) is 21.9 Å². The molecule has 1 saturated heterocycles. The minimum Gasteiger partial charge on any atom is -0.370 e. The fourth-order valence-electron chi connectivity index (χ4n) is 3.13. The third-order valence-corrected chi connectivity index (χ3v) is 4.61. The van der Waals surface area contributed by atoms with Crippen LogP contribution in [-0.4, -0.2) is 68.6 Å². The maximum absolute atomic E-state index is 13.6. The van der Waals surface area contributed by atoms with Crippen molar-refractivity contribution >= 4 is 23.2 Å². The molecule has 3 N–H and O–H groups in total. The van der Waals surface area contributed by atoms with Gasteiger partial charge in [0, 0.05) is 18.8 Å². The van der Waals surface area contributed by atoms with E-state index in [1.807, 2.05) is 0 Å². The van der Waals surface area contributed by atoms with Gasteiger partial charge in [-0.25, -0.2) is 8.78 Å². The van der Waals surface area contributed by atoms with Gasteiger partial charge in [0.05, 0.1) is 24.4 Å². The molecule has 7 nitrogen and oxygen atoms in total. The van der Waals surface area contributed by atoms with Crippen molar-refractivity contribution in [2.24, 2.45) is 5.73 Å². The molecular formula is C18H23F5N4O3. The number of nitrogens with zero attached hydrogens (tertiary/aromatic N) is 2. The Hall–Kier alpha value is -2.31. The number of amides is 2. The minimum absolute atomic E-state index is 0.0110. The molecular weight excluding hydrogens is 415 g/mol. The highest BCUT2D eigenvalue weighted by Crippen LogP contribution is 2.37. The first-order chi connectivity index (χ1) is 14.1. The summed E-state index contributed by atoms with van der Waals surface area (Å²) in [6.45, 7) is 0.535. The number of nitrogens with one attached hydrogen (secondary N) is 1. The SMILES string of the molecule is CCN(CC(F)F)[C@H](CN)C(=O)Nc1ccc(N2CCOCC2=O)cc1C(F)(F)F. The number of likely N-dealkylation sites (N-methyl/N-ethyl adjacent to an activating group) is 1. The third kappa shape index (κ3) is 5.86. The van der Waals surface area contributed by atoms with E-state index in [-0.39, 0.29) is 38.5 Å². The first-order valence-corrected chi connectivity index (χ1v) is 9.21. The van der Waals surface area contributed by atoms with Crippen LogP contribution in [0.4, 0.5) is 33.3 Å². The number of carbonyl (C=O) groups is 2. The van der Waals surface area contributed by atoms with Crippen LogP contribution in [0.5, 0.6) is 0 Å². The van der Waals surface area contributed by atoms with Crippen LogP contribution >= 0.6 is 0 Å². The number of rotatable bonds is 8. The number of nitrogens with two attached hydrogens (primary N) is 1. The average Bonchev–Trinajstić information content (AvgIpc) is 2.67. The molecule has 1 aromatic rings. The zero-order valence-electron chi connectivity index (χ0n) is 16.2. The van der Waals surface area contributed by atoms with Gasteiger partial charge in [-0.15, -0.1) is 0 Å². The summed E-state index contributed by atoms with van der Waals surface area (Å²) in [4.78, 5) is 26.7. The molecule has 1 fully saturated rings. The van der Waals surface area contributed by atoms with Crippen LogP contribution in [0.2, 0.25) is 0 Å². The minimum atomic E-state index is -4.83. The van der Waals surface area contributed by atoms with Gasteiger partial charge in [0.2, 0.25) is 5.91 Å². The molecule has 0 radical (unpaired) electrons. The van der Waals surface area contributed by atoms with Gasteiger partial charge in [0.1, 0.15) is 12.6 Å². The van der Waals surface area contributed by atoms with E-state index < -0.39 is 48.3 Å². The van der Waals surface area contributed by atoms with Crippen molar-refractivity contribution < 1.29 is 36.3 Å². The van der Waals surface area contributed by atoms with Crippen molar-refractivity contribution in [2.75, 3.05) is 49.6 Å². The Bertz CT molecular complexity index is 760.